The van der Waals surface area contributed by atoms with E-state index in [4.69, 9.17) is 0 Å². The highest BCUT2D eigenvalue weighted by atomic mass is 19.1. The summed E-state index contributed by atoms with van der Waals surface area (Å²) in [5.41, 5.74) is 4.10. The van der Waals surface area contributed by atoms with Crippen LogP contribution in [-0.2, 0) is 13.0 Å². The Kier molecular flexibility index (Phi) is 5.59. The van der Waals surface area contributed by atoms with E-state index in [1.807, 2.05) is 24.3 Å². The van der Waals surface area contributed by atoms with Crippen molar-refractivity contribution >= 4 is 17.3 Å². The number of aromatic nitrogens is 1. The molecule has 0 atom stereocenters. The van der Waals surface area contributed by atoms with Gasteiger partial charge in [0.25, 0.3) is 5.91 Å². The molecule has 1 aromatic heterocycles. The van der Waals surface area contributed by atoms with Crippen molar-refractivity contribution in [2.45, 2.75) is 19.9 Å². The van der Waals surface area contributed by atoms with E-state index < -0.39 is 0 Å². The van der Waals surface area contributed by atoms with Gasteiger partial charge in [0, 0.05) is 24.6 Å². The van der Waals surface area contributed by atoms with Crippen molar-refractivity contribution in [3.05, 3.63) is 89.5 Å². The van der Waals surface area contributed by atoms with Crippen LogP contribution < -0.4 is 10.6 Å². The number of nitrogens with zero attached hydrogens (tertiary/aromatic N) is 1. The Morgan fingerprint density at radius 2 is 1.65 bits per heavy atom. The van der Waals surface area contributed by atoms with Gasteiger partial charge >= 0.3 is 0 Å². The SMILES string of the molecule is CCc1ccc(NC(=O)c2cncc(NCc3ccc(F)cc3)c2)cc1. The van der Waals surface area contributed by atoms with E-state index in [0.29, 0.717) is 12.1 Å². The van der Waals surface area contributed by atoms with Crippen LogP contribution in [0.3, 0.4) is 0 Å². The third-order valence-corrected chi connectivity index (χ3v) is 4.03. The Balaban J connectivity index is 1.63. The Bertz CT molecular complexity index is 877. The number of carbonyl (C=O) groups is 1. The number of hydrogen-bond donors (Lipinski definition) is 2. The molecule has 26 heavy (non-hydrogen) atoms. The molecular formula is C21H20FN3O. The van der Waals surface area contributed by atoms with Crippen LogP contribution in [0.15, 0.2) is 67.0 Å². The maximum Gasteiger partial charge on any atom is 0.257 e. The molecule has 1 amide bonds. The molecule has 0 unspecified atom stereocenters. The zero-order valence-electron chi connectivity index (χ0n) is 14.5. The topological polar surface area (TPSA) is 54.0 Å². The van der Waals surface area contributed by atoms with Crippen LogP contribution in [0.1, 0.15) is 28.4 Å². The van der Waals surface area contributed by atoms with Crippen LogP contribution in [0.2, 0.25) is 0 Å². The van der Waals surface area contributed by atoms with Crippen LogP contribution in [0.4, 0.5) is 15.8 Å². The number of rotatable bonds is 6. The molecule has 4 nitrogen and oxygen atoms in total. The summed E-state index contributed by atoms with van der Waals surface area (Å²) >= 11 is 0. The van der Waals surface area contributed by atoms with E-state index in [9.17, 15) is 9.18 Å². The molecule has 0 radical (unpaired) electrons. The monoisotopic (exact) mass is 349 g/mol. The molecular weight excluding hydrogens is 329 g/mol. The number of pyridine rings is 1. The number of carbonyl (C=O) groups excluding carboxylic acids is 1. The molecule has 0 fully saturated rings. The standard InChI is InChI=1S/C21H20FN3O/c1-2-15-5-9-19(10-6-15)25-21(26)17-11-20(14-23-13-17)24-12-16-3-7-18(22)8-4-16/h3-11,13-14,24H,2,12H2,1H3,(H,25,26). The number of aryl methyl sites for hydroxylation is 1. The molecule has 3 aromatic rings. The maximum atomic E-state index is 12.9. The molecule has 0 aliphatic carbocycles. The van der Waals surface area contributed by atoms with Crippen LogP contribution in [0.5, 0.6) is 0 Å². The van der Waals surface area contributed by atoms with Gasteiger partial charge in [-0.15, -0.1) is 0 Å². The van der Waals surface area contributed by atoms with Crippen molar-refractivity contribution in [3.8, 4) is 0 Å². The fourth-order valence-electron chi connectivity index (χ4n) is 2.49. The van der Waals surface area contributed by atoms with Gasteiger partial charge in [0.1, 0.15) is 5.82 Å². The Hall–Kier alpha value is -3.21. The first-order chi connectivity index (χ1) is 12.6. The quantitative estimate of drug-likeness (QED) is 0.681. The van der Waals surface area contributed by atoms with Crippen LogP contribution in [0.25, 0.3) is 0 Å². The zero-order valence-corrected chi connectivity index (χ0v) is 14.5. The summed E-state index contributed by atoms with van der Waals surface area (Å²) < 4.78 is 12.9. The smallest absolute Gasteiger partial charge is 0.257 e. The number of anilines is 2. The Morgan fingerprint density at radius 3 is 2.35 bits per heavy atom. The summed E-state index contributed by atoms with van der Waals surface area (Å²) in [6.45, 7) is 2.61. The highest BCUT2D eigenvalue weighted by Gasteiger charge is 2.08. The van der Waals surface area contributed by atoms with Gasteiger partial charge in [-0.1, -0.05) is 31.2 Å². The predicted octanol–water partition coefficient (Wildman–Crippen LogP) is 4.65. The molecule has 1 heterocycles. The minimum Gasteiger partial charge on any atom is -0.380 e. The van der Waals surface area contributed by atoms with Gasteiger partial charge in [0.05, 0.1) is 11.3 Å². The van der Waals surface area contributed by atoms with Crippen molar-refractivity contribution in [2.75, 3.05) is 10.6 Å². The van der Waals surface area contributed by atoms with Gasteiger partial charge in [-0.05, 0) is 47.9 Å². The van der Waals surface area contributed by atoms with E-state index in [2.05, 4.69) is 22.5 Å². The fourth-order valence-corrected chi connectivity index (χ4v) is 2.49. The predicted molar refractivity (Wildman–Crippen MR) is 102 cm³/mol. The molecule has 0 bridgehead atoms. The molecule has 0 aliphatic rings. The normalized spacial score (nSPS) is 10.4. The lowest BCUT2D eigenvalue weighted by Crippen LogP contribution is -2.12. The first-order valence-electron chi connectivity index (χ1n) is 8.47. The second-order valence-corrected chi connectivity index (χ2v) is 5.95. The minimum atomic E-state index is -0.263. The lowest BCUT2D eigenvalue weighted by atomic mass is 10.1. The van der Waals surface area contributed by atoms with E-state index in [1.165, 1.54) is 23.9 Å². The third kappa shape index (κ3) is 4.66. The van der Waals surface area contributed by atoms with Gasteiger partial charge in [0.2, 0.25) is 0 Å². The molecule has 2 N–H and O–H groups in total. The second-order valence-electron chi connectivity index (χ2n) is 5.95. The Morgan fingerprint density at radius 1 is 0.962 bits per heavy atom. The van der Waals surface area contributed by atoms with Crippen LogP contribution in [0, 0.1) is 5.82 Å². The van der Waals surface area contributed by atoms with Gasteiger partial charge in [0.15, 0.2) is 0 Å². The molecule has 132 valence electrons. The molecule has 0 aliphatic heterocycles. The molecule has 3 rings (SSSR count). The molecule has 2 aromatic carbocycles. The van der Waals surface area contributed by atoms with Crippen molar-refractivity contribution in [1.82, 2.24) is 4.98 Å². The average Bonchev–Trinajstić information content (AvgIpc) is 2.68. The van der Waals surface area contributed by atoms with E-state index in [0.717, 1.165) is 23.4 Å². The number of amides is 1. The largest absolute Gasteiger partial charge is 0.380 e. The third-order valence-electron chi connectivity index (χ3n) is 4.03. The van der Waals surface area contributed by atoms with Gasteiger partial charge < -0.3 is 10.6 Å². The highest BCUT2D eigenvalue weighted by molar-refractivity contribution is 6.04. The lowest BCUT2D eigenvalue weighted by molar-refractivity contribution is 0.102. The number of nitrogens with one attached hydrogen (secondary N) is 2. The van der Waals surface area contributed by atoms with Crippen molar-refractivity contribution < 1.29 is 9.18 Å². The highest BCUT2D eigenvalue weighted by Crippen LogP contribution is 2.14. The zero-order chi connectivity index (χ0) is 18.4. The molecule has 0 saturated heterocycles. The molecule has 5 heteroatoms. The van der Waals surface area contributed by atoms with Crippen molar-refractivity contribution in [2.24, 2.45) is 0 Å². The van der Waals surface area contributed by atoms with Crippen LogP contribution in [-0.4, -0.2) is 10.9 Å². The van der Waals surface area contributed by atoms with Crippen molar-refractivity contribution in [3.63, 3.8) is 0 Å². The molecule has 0 saturated carbocycles. The average molecular weight is 349 g/mol. The minimum absolute atomic E-state index is 0.216. The van der Waals surface area contributed by atoms with E-state index in [1.54, 1.807) is 24.4 Å². The van der Waals surface area contributed by atoms with Gasteiger partial charge in [-0.25, -0.2) is 4.39 Å². The second kappa shape index (κ2) is 8.25. The first kappa shape index (κ1) is 17.6. The van der Waals surface area contributed by atoms with Crippen LogP contribution >= 0.6 is 0 Å². The van der Waals surface area contributed by atoms with Crippen molar-refractivity contribution in [1.29, 1.82) is 0 Å². The lowest BCUT2D eigenvalue weighted by Gasteiger charge is -2.09. The summed E-state index contributed by atoms with van der Waals surface area (Å²) in [5, 5.41) is 6.06. The number of halogens is 1. The van der Waals surface area contributed by atoms with E-state index in [-0.39, 0.29) is 11.7 Å². The summed E-state index contributed by atoms with van der Waals surface area (Å²) in [7, 11) is 0. The fraction of sp³-hybridized carbons (Fsp3) is 0.143. The molecule has 0 spiro atoms. The number of benzene rings is 2. The summed E-state index contributed by atoms with van der Waals surface area (Å²) in [5.74, 6) is -0.478. The Labute approximate surface area is 152 Å². The number of hydrogen-bond acceptors (Lipinski definition) is 3. The maximum absolute atomic E-state index is 12.9. The van der Waals surface area contributed by atoms with Gasteiger partial charge in [-0.3, -0.25) is 9.78 Å². The van der Waals surface area contributed by atoms with Gasteiger partial charge in [-0.2, -0.15) is 0 Å². The summed E-state index contributed by atoms with van der Waals surface area (Å²) in [4.78, 5) is 16.5. The van der Waals surface area contributed by atoms with E-state index >= 15 is 0 Å². The first-order valence-corrected chi connectivity index (χ1v) is 8.47. The summed E-state index contributed by atoms with van der Waals surface area (Å²) in [6.07, 6.45) is 4.13. The summed E-state index contributed by atoms with van der Waals surface area (Å²) in [6, 6.07) is 15.8.